The van der Waals surface area contributed by atoms with E-state index in [4.69, 9.17) is 0 Å². The Hall–Kier alpha value is -1.63. The maximum absolute atomic E-state index is 13.3. The highest BCUT2D eigenvalue weighted by molar-refractivity contribution is 5.99. The first kappa shape index (κ1) is 15.8. The van der Waals surface area contributed by atoms with Crippen LogP contribution >= 0.6 is 0 Å². The van der Waals surface area contributed by atoms with Gasteiger partial charge in [-0.05, 0) is 24.6 Å². The van der Waals surface area contributed by atoms with Crippen molar-refractivity contribution < 1.29 is 22.4 Å². The monoisotopic (exact) mass is 304 g/mol. The number of carbonyl (C=O) groups excluding carboxylic acids is 1. The van der Waals surface area contributed by atoms with Crippen LogP contribution in [0, 0.1) is 5.82 Å². The fraction of sp³-hybridized carbons (Fsp3) is 0.500. The Morgan fingerprint density at radius 3 is 2.57 bits per heavy atom. The molecule has 1 saturated heterocycles. The fourth-order valence-corrected chi connectivity index (χ4v) is 2.39. The van der Waals surface area contributed by atoms with Gasteiger partial charge in [-0.15, -0.1) is 0 Å². The second-order valence-corrected chi connectivity index (χ2v) is 5.31. The first-order chi connectivity index (χ1) is 9.70. The van der Waals surface area contributed by atoms with Crippen molar-refractivity contribution in [2.45, 2.75) is 38.5 Å². The molecule has 21 heavy (non-hydrogen) atoms. The number of anilines is 1. The number of halogens is 4. The van der Waals surface area contributed by atoms with E-state index in [1.165, 1.54) is 11.0 Å². The van der Waals surface area contributed by atoms with Crippen molar-refractivity contribution in [3.8, 4) is 0 Å². The van der Waals surface area contributed by atoms with Crippen LogP contribution in [0.4, 0.5) is 23.2 Å². The van der Waals surface area contributed by atoms with Crippen molar-refractivity contribution in [1.82, 2.24) is 5.32 Å². The summed E-state index contributed by atoms with van der Waals surface area (Å²) in [6, 6.07) is 2.31. The van der Waals surface area contributed by atoms with E-state index in [2.05, 4.69) is 5.32 Å². The van der Waals surface area contributed by atoms with E-state index in [0.717, 1.165) is 6.07 Å². The highest BCUT2D eigenvalue weighted by atomic mass is 19.4. The summed E-state index contributed by atoms with van der Waals surface area (Å²) >= 11 is 0. The van der Waals surface area contributed by atoms with Gasteiger partial charge in [0.05, 0.1) is 11.6 Å². The van der Waals surface area contributed by atoms with Gasteiger partial charge in [0, 0.05) is 18.3 Å². The summed E-state index contributed by atoms with van der Waals surface area (Å²) in [5.41, 5.74) is -1.28. The number of benzene rings is 1. The van der Waals surface area contributed by atoms with Crippen LogP contribution in [0.5, 0.6) is 0 Å². The Morgan fingerprint density at radius 2 is 2.00 bits per heavy atom. The van der Waals surface area contributed by atoms with Gasteiger partial charge in [0.1, 0.15) is 5.82 Å². The van der Waals surface area contributed by atoms with E-state index in [9.17, 15) is 22.4 Å². The third-order valence-electron chi connectivity index (χ3n) is 3.31. The number of nitrogens with one attached hydrogen (secondary N) is 1. The molecule has 0 aliphatic carbocycles. The van der Waals surface area contributed by atoms with Crippen molar-refractivity contribution in [3.63, 3.8) is 0 Å². The predicted molar refractivity (Wildman–Crippen MR) is 70.4 cm³/mol. The van der Waals surface area contributed by atoms with E-state index < -0.39 is 23.6 Å². The second-order valence-electron chi connectivity index (χ2n) is 5.31. The number of rotatable bonds is 3. The molecule has 0 saturated carbocycles. The van der Waals surface area contributed by atoms with Crippen molar-refractivity contribution in [2.75, 3.05) is 11.4 Å². The van der Waals surface area contributed by atoms with Crippen LogP contribution in [0.15, 0.2) is 18.2 Å². The lowest BCUT2D eigenvalue weighted by Crippen LogP contribution is -2.41. The van der Waals surface area contributed by atoms with Gasteiger partial charge in [0.15, 0.2) is 0 Å². The summed E-state index contributed by atoms with van der Waals surface area (Å²) in [5.74, 6) is -1.63. The lowest BCUT2D eigenvalue weighted by atomic mass is 10.1. The average molecular weight is 304 g/mol. The van der Waals surface area contributed by atoms with Gasteiger partial charge in [-0.3, -0.25) is 4.79 Å². The van der Waals surface area contributed by atoms with Gasteiger partial charge in [0.25, 0.3) is 0 Å². The average Bonchev–Trinajstić information content (AvgIpc) is 2.70. The highest BCUT2D eigenvalue weighted by Crippen LogP contribution is 2.34. The molecule has 116 valence electrons. The zero-order chi connectivity index (χ0) is 15.8. The largest absolute Gasteiger partial charge is 0.419 e. The first-order valence-corrected chi connectivity index (χ1v) is 6.64. The van der Waals surface area contributed by atoms with Gasteiger partial charge in [-0.25, -0.2) is 4.39 Å². The van der Waals surface area contributed by atoms with Crippen molar-refractivity contribution in [1.29, 1.82) is 0 Å². The minimum absolute atomic E-state index is 0.0711. The third kappa shape index (κ3) is 3.34. The second kappa shape index (κ2) is 5.63. The summed E-state index contributed by atoms with van der Waals surface area (Å²) in [7, 11) is 0. The Labute approximate surface area is 119 Å². The molecule has 2 rings (SSSR count). The minimum Gasteiger partial charge on any atom is -0.311 e. The van der Waals surface area contributed by atoms with E-state index in [1.807, 2.05) is 13.8 Å². The smallest absolute Gasteiger partial charge is 0.311 e. The summed E-state index contributed by atoms with van der Waals surface area (Å²) in [6.45, 7) is 4.08. The molecule has 0 bridgehead atoms. The zero-order valence-electron chi connectivity index (χ0n) is 11.7. The maximum atomic E-state index is 13.3. The molecule has 1 aromatic rings. The van der Waals surface area contributed by atoms with Crippen molar-refractivity contribution in [2.24, 2.45) is 0 Å². The lowest BCUT2D eigenvalue weighted by Gasteiger charge is -2.20. The molecule has 0 radical (unpaired) electrons. The summed E-state index contributed by atoms with van der Waals surface area (Å²) in [4.78, 5) is 13.4. The molecule has 1 aromatic carbocycles. The van der Waals surface area contributed by atoms with Crippen molar-refractivity contribution >= 4 is 11.6 Å². The molecular formula is C14H16F4N2O. The summed E-state index contributed by atoms with van der Waals surface area (Å²) in [6.07, 6.45) is -4.27. The van der Waals surface area contributed by atoms with Crippen LogP contribution in [-0.2, 0) is 11.0 Å². The third-order valence-corrected chi connectivity index (χ3v) is 3.31. The molecular weight excluding hydrogens is 288 g/mol. The van der Waals surface area contributed by atoms with Crippen LogP contribution in [0.2, 0.25) is 0 Å². The fourth-order valence-electron chi connectivity index (χ4n) is 2.39. The quantitative estimate of drug-likeness (QED) is 0.871. The molecule has 3 nitrogen and oxygen atoms in total. The van der Waals surface area contributed by atoms with Crippen LogP contribution < -0.4 is 10.2 Å². The van der Waals surface area contributed by atoms with Crippen LogP contribution in [-0.4, -0.2) is 24.5 Å². The minimum atomic E-state index is -4.78. The van der Waals surface area contributed by atoms with Gasteiger partial charge in [-0.2, -0.15) is 13.2 Å². The van der Waals surface area contributed by atoms with Gasteiger partial charge >= 0.3 is 6.18 Å². The molecule has 0 aromatic heterocycles. The van der Waals surface area contributed by atoms with Crippen LogP contribution in [0.3, 0.4) is 0 Å². The molecule has 1 N–H and O–H groups in total. The van der Waals surface area contributed by atoms with Gasteiger partial charge in [-0.1, -0.05) is 13.8 Å². The van der Waals surface area contributed by atoms with E-state index in [-0.39, 0.29) is 17.6 Å². The predicted octanol–water partition coefficient (Wildman–Crippen LogP) is 2.95. The normalized spacial score (nSPS) is 19.7. The number of hydrogen-bond donors (Lipinski definition) is 1. The van der Waals surface area contributed by atoms with Gasteiger partial charge in [0.2, 0.25) is 5.91 Å². The number of carbonyl (C=O) groups is 1. The molecule has 1 aliphatic rings. The lowest BCUT2D eigenvalue weighted by molar-refractivity contribution is -0.140. The SMILES string of the molecule is CC(C)NC1CCN(c2ccc(F)c(C(F)(F)F)c2)C1=O. The standard InChI is InChI=1S/C14H16F4N2O/c1-8(2)19-12-5-6-20(13(12)21)9-3-4-11(15)10(7-9)14(16,17)18/h3-4,7-8,12,19H,5-6H2,1-2H3. The number of nitrogens with zero attached hydrogens (tertiary/aromatic N) is 1. The number of alkyl halides is 3. The zero-order valence-corrected chi connectivity index (χ0v) is 11.7. The Kier molecular flexibility index (Phi) is 4.22. The summed E-state index contributed by atoms with van der Waals surface area (Å²) in [5, 5.41) is 3.06. The van der Waals surface area contributed by atoms with E-state index in [1.54, 1.807) is 0 Å². The van der Waals surface area contributed by atoms with E-state index >= 15 is 0 Å². The van der Waals surface area contributed by atoms with E-state index in [0.29, 0.717) is 19.0 Å². The molecule has 0 spiro atoms. The molecule has 1 atom stereocenters. The Balaban J connectivity index is 2.26. The van der Waals surface area contributed by atoms with Crippen molar-refractivity contribution in [3.05, 3.63) is 29.6 Å². The Morgan fingerprint density at radius 1 is 1.33 bits per heavy atom. The van der Waals surface area contributed by atoms with Gasteiger partial charge < -0.3 is 10.2 Å². The highest BCUT2D eigenvalue weighted by Gasteiger charge is 2.37. The summed E-state index contributed by atoms with van der Waals surface area (Å²) < 4.78 is 51.4. The molecule has 1 fully saturated rings. The number of amides is 1. The molecule has 1 unspecified atom stereocenters. The Bertz CT molecular complexity index is 542. The molecule has 7 heteroatoms. The molecule has 1 amide bonds. The van der Waals surface area contributed by atoms with Crippen LogP contribution in [0.1, 0.15) is 25.8 Å². The first-order valence-electron chi connectivity index (χ1n) is 6.64. The molecule has 1 heterocycles. The number of hydrogen-bond acceptors (Lipinski definition) is 2. The topological polar surface area (TPSA) is 32.3 Å². The maximum Gasteiger partial charge on any atom is 0.419 e. The molecule has 1 aliphatic heterocycles. The van der Waals surface area contributed by atoms with Crippen LogP contribution in [0.25, 0.3) is 0 Å².